The van der Waals surface area contributed by atoms with E-state index in [1.807, 2.05) is 26.0 Å². The van der Waals surface area contributed by atoms with Gasteiger partial charge < -0.3 is 33.8 Å². The molecule has 0 aliphatic carbocycles. The van der Waals surface area contributed by atoms with Crippen LogP contribution in [-0.4, -0.2) is 65.7 Å². The molecule has 0 bridgehead atoms. The lowest BCUT2D eigenvalue weighted by molar-refractivity contribution is -0.137. The third kappa shape index (κ3) is 7.84. The summed E-state index contributed by atoms with van der Waals surface area (Å²) in [5, 5.41) is 23.4. The van der Waals surface area contributed by atoms with Crippen LogP contribution in [0.4, 0.5) is 5.69 Å². The van der Waals surface area contributed by atoms with E-state index in [1.54, 1.807) is 43.4 Å². The molecule has 0 unspecified atom stereocenters. The SMILES string of the molecule is COc1cccc([C@H]2O[C@H](CCCc3noc(CCCC(=O)O)n3)C(=O)N(CC(C)(C)CO)c3ccc(Cl)cc32)c1OC. The van der Waals surface area contributed by atoms with Crippen LogP contribution in [0.2, 0.25) is 5.02 Å². The quantitative estimate of drug-likeness (QED) is 0.254. The second-order valence-electron chi connectivity index (χ2n) is 11.3. The zero-order chi connectivity index (χ0) is 31.1. The minimum atomic E-state index is -0.876. The number of aliphatic carboxylic acids is 1. The minimum Gasteiger partial charge on any atom is -0.493 e. The lowest BCUT2D eigenvalue weighted by Crippen LogP contribution is -2.45. The summed E-state index contributed by atoms with van der Waals surface area (Å²) in [5.41, 5.74) is 1.41. The van der Waals surface area contributed by atoms with Gasteiger partial charge in [-0.15, -0.1) is 0 Å². The molecule has 0 fully saturated rings. The van der Waals surface area contributed by atoms with E-state index in [-0.39, 0.29) is 25.5 Å². The molecular formula is C31H38ClN3O8. The number of para-hydroxylation sites is 1. The van der Waals surface area contributed by atoms with Crippen molar-refractivity contribution in [1.82, 2.24) is 10.1 Å². The highest BCUT2D eigenvalue weighted by Crippen LogP contribution is 2.45. The van der Waals surface area contributed by atoms with Crippen LogP contribution < -0.4 is 14.4 Å². The fourth-order valence-corrected chi connectivity index (χ4v) is 5.27. The number of carbonyl (C=O) groups is 2. The van der Waals surface area contributed by atoms with E-state index in [0.717, 1.165) is 0 Å². The molecule has 43 heavy (non-hydrogen) atoms. The van der Waals surface area contributed by atoms with Gasteiger partial charge >= 0.3 is 5.97 Å². The van der Waals surface area contributed by atoms with Crippen LogP contribution in [0.1, 0.15) is 68.5 Å². The number of hydrogen-bond donors (Lipinski definition) is 2. The van der Waals surface area contributed by atoms with Crippen LogP contribution in [-0.2, 0) is 27.2 Å². The van der Waals surface area contributed by atoms with E-state index < -0.39 is 23.6 Å². The average Bonchev–Trinajstić information content (AvgIpc) is 3.40. The summed E-state index contributed by atoms with van der Waals surface area (Å²) in [6.45, 7) is 3.92. The Morgan fingerprint density at radius 2 is 1.91 bits per heavy atom. The number of aliphatic hydroxyl groups is 1. The van der Waals surface area contributed by atoms with Crippen molar-refractivity contribution in [3.05, 3.63) is 64.3 Å². The van der Waals surface area contributed by atoms with E-state index in [4.69, 9.17) is 35.4 Å². The molecule has 232 valence electrons. The summed E-state index contributed by atoms with van der Waals surface area (Å²) in [6, 6.07) is 10.8. The Labute approximate surface area is 255 Å². The van der Waals surface area contributed by atoms with Crippen LogP contribution >= 0.6 is 11.6 Å². The number of aryl methyl sites for hydroxylation is 2. The Kier molecular flexibility index (Phi) is 10.6. The molecule has 1 aliphatic heterocycles. The van der Waals surface area contributed by atoms with Gasteiger partial charge in [-0.25, -0.2) is 0 Å². The zero-order valence-corrected chi connectivity index (χ0v) is 25.6. The standard InChI is InChI=1S/C31H38ClN3O8/c1-31(2,18-36)17-35-22-15-14-19(32)16-21(22)28(20-8-5-9-23(40-3)29(20)41-4)42-24(30(35)39)10-6-11-25-33-26(43-34-25)12-7-13-27(37)38/h5,8-9,14-16,24,28,36H,6-7,10-13,17-18H2,1-4H3,(H,37,38)/t24-,28-/m1/s1. The molecule has 3 aromatic rings. The molecule has 2 atom stereocenters. The van der Waals surface area contributed by atoms with Crippen LogP contribution in [0.3, 0.4) is 0 Å². The van der Waals surface area contributed by atoms with Gasteiger partial charge in [0.05, 0.1) is 14.2 Å². The second-order valence-corrected chi connectivity index (χ2v) is 11.7. The lowest BCUT2D eigenvalue weighted by atomic mass is 9.92. The van der Waals surface area contributed by atoms with Gasteiger partial charge in [-0.2, -0.15) is 4.98 Å². The van der Waals surface area contributed by atoms with Gasteiger partial charge in [-0.1, -0.05) is 42.7 Å². The van der Waals surface area contributed by atoms with Gasteiger partial charge in [-0.3, -0.25) is 9.59 Å². The van der Waals surface area contributed by atoms with E-state index in [0.29, 0.717) is 77.2 Å². The van der Waals surface area contributed by atoms with Crippen molar-refractivity contribution in [2.24, 2.45) is 5.41 Å². The minimum absolute atomic E-state index is 0.0231. The van der Waals surface area contributed by atoms with Crippen LogP contribution in [0, 0.1) is 5.41 Å². The monoisotopic (exact) mass is 615 g/mol. The van der Waals surface area contributed by atoms with E-state index in [2.05, 4.69) is 10.1 Å². The molecule has 2 heterocycles. The van der Waals surface area contributed by atoms with Gasteiger partial charge in [0.25, 0.3) is 5.91 Å². The number of amides is 1. The van der Waals surface area contributed by atoms with Gasteiger partial charge in [0.15, 0.2) is 17.3 Å². The van der Waals surface area contributed by atoms with Crippen molar-refractivity contribution >= 4 is 29.2 Å². The molecule has 0 saturated heterocycles. The summed E-state index contributed by atoms with van der Waals surface area (Å²) in [4.78, 5) is 31.0. The number of benzene rings is 2. The molecule has 1 aromatic heterocycles. The number of ether oxygens (including phenoxy) is 3. The maximum absolute atomic E-state index is 14.2. The number of hydrogen-bond acceptors (Lipinski definition) is 9. The van der Waals surface area contributed by atoms with Crippen LogP contribution in [0.25, 0.3) is 0 Å². The zero-order valence-electron chi connectivity index (χ0n) is 24.8. The molecule has 1 amide bonds. The molecule has 11 nitrogen and oxygen atoms in total. The van der Waals surface area contributed by atoms with Crippen molar-refractivity contribution in [3.8, 4) is 11.5 Å². The van der Waals surface area contributed by atoms with E-state index in [1.165, 1.54) is 0 Å². The van der Waals surface area contributed by atoms with Crippen LogP contribution in [0.15, 0.2) is 40.9 Å². The van der Waals surface area contributed by atoms with Gasteiger partial charge in [0.2, 0.25) is 5.89 Å². The Morgan fingerprint density at radius 1 is 1.12 bits per heavy atom. The Bertz CT molecular complexity index is 1430. The molecule has 2 aromatic carbocycles. The number of nitrogens with zero attached hydrogens (tertiary/aromatic N) is 3. The van der Waals surface area contributed by atoms with Gasteiger partial charge in [0.1, 0.15) is 12.2 Å². The number of rotatable bonds is 14. The number of carboxylic acids is 1. The number of methoxy groups -OCH3 is 2. The molecule has 1 aliphatic rings. The maximum atomic E-state index is 14.2. The number of fused-ring (bicyclic) bond motifs is 1. The Morgan fingerprint density at radius 3 is 2.60 bits per heavy atom. The highest BCUT2D eigenvalue weighted by molar-refractivity contribution is 6.30. The van der Waals surface area contributed by atoms with Crippen molar-refractivity contribution in [2.75, 3.05) is 32.3 Å². The van der Waals surface area contributed by atoms with E-state index in [9.17, 15) is 14.7 Å². The highest BCUT2D eigenvalue weighted by Gasteiger charge is 2.39. The molecule has 12 heteroatoms. The van der Waals surface area contributed by atoms with Crippen molar-refractivity contribution in [2.45, 2.75) is 64.6 Å². The number of carboxylic acid groups (broad SMARTS) is 1. The average molecular weight is 616 g/mol. The van der Waals surface area contributed by atoms with Crippen molar-refractivity contribution in [3.63, 3.8) is 0 Å². The molecule has 0 spiro atoms. The molecule has 2 N–H and O–H groups in total. The third-order valence-electron chi connectivity index (χ3n) is 7.29. The van der Waals surface area contributed by atoms with E-state index >= 15 is 0 Å². The summed E-state index contributed by atoms with van der Waals surface area (Å²) < 4.78 is 23.2. The second kappa shape index (κ2) is 14.2. The summed E-state index contributed by atoms with van der Waals surface area (Å²) in [7, 11) is 3.11. The number of aromatic nitrogens is 2. The number of halogens is 1. The highest BCUT2D eigenvalue weighted by atomic mass is 35.5. The van der Waals surface area contributed by atoms with Gasteiger partial charge in [-0.05, 0) is 43.5 Å². The largest absolute Gasteiger partial charge is 0.493 e. The van der Waals surface area contributed by atoms with Gasteiger partial charge in [0, 0.05) is 59.7 Å². The first-order chi connectivity index (χ1) is 20.6. The smallest absolute Gasteiger partial charge is 0.303 e. The third-order valence-corrected chi connectivity index (χ3v) is 7.53. The molecular weight excluding hydrogens is 578 g/mol. The number of carbonyl (C=O) groups excluding carboxylic acids is 1. The first-order valence-corrected chi connectivity index (χ1v) is 14.6. The first kappa shape index (κ1) is 32.2. The predicted octanol–water partition coefficient (Wildman–Crippen LogP) is 5.01. The lowest BCUT2D eigenvalue weighted by Gasteiger charge is -2.32. The first-order valence-electron chi connectivity index (χ1n) is 14.2. The predicted molar refractivity (Wildman–Crippen MR) is 159 cm³/mol. The number of aliphatic hydroxyl groups excluding tert-OH is 1. The molecule has 0 saturated carbocycles. The Hall–Kier alpha value is -3.67. The molecule has 4 rings (SSSR count). The van der Waals surface area contributed by atoms with Crippen molar-refractivity contribution < 1.29 is 38.5 Å². The number of anilines is 1. The summed E-state index contributed by atoms with van der Waals surface area (Å²) >= 11 is 6.49. The molecule has 0 radical (unpaired) electrons. The van der Waals surface area contributed by atoms with Crippen LogP contribution in [0.5, 0.6) is 11.5 Å². The van der Waals surface area contributed by atoms with Crippen molar-refractivity contribution in [1.29, 1.82) is 0 Å². The normalized spacial score (nSPS) is 17.0. The summed E-state index contributed by atoms with van der Waals surface area (Å²) in [6.07, 6.45) is 0.525. The summed E-state index contributed by atoms with van der Waals surface area (Å²) in [5.74, 6) is 0.751. The topological polar surface area (TPSA) is 144 Å². The maximum Gasteiger partial charge on any atom is 0.303 e. The fraction of sp³-hybridized carbons (Fsp3) is 0.484. The fourth-order valence-electron chi connectivity index (χ4n) is 5.09. The Balaban J connectivity index is 1.66.